The first kappa shape index (κ1) is 16.1. The monoisotopic (exact) mass is 336 g/mol. The molecule has 1 aliphatic heterocycles. The molecule has 2 aromatic rings. The molecule has 1 saturated heterocycles. The molecule has 1 aromatic heterocycles. The lowest BCUT2D eigenvalue weighted by Crippen LogP contribution is -2.36. The van der Waals surface area contributed by atoms with E-state index in [1.54, 1.807) is 0 Å². The molecule has 1 saturated carbocycles. The Morgan fingerprint density at radius 1 is 1.00 bits per heavy atom. The first-order valence-electron chi connectivity index (χ1n) is 9.11. The highest BCUT2D eigenvalue weighted by Gasteiger charge is 2.45. The number of aryl methyl sites for hydroxylation is 1. The Balaban J connectivity index is 1.36. The Labute approximate surface area is 148 Å². The molecule has 2 heterocycles. The summed E-state index contributed by atoms with van der Waals surface area (Å²) in [5.74, 6) is 1.82. The molecule has 130 valence electrons. The van der Waals surface area contributed by atoms with Gasteiger partial charge in [0.1, 0.15) is 0 Å². The Bertz CT molecular complexity index is 731. The topological polar surface area (TPSA) is 49.3 Å². The number of amides is 1. The molecule has 1 amide bonds. The van der Waals surface area contributed by atoms with Crippen LogP contribution in [0, 0.1) is 12.8 Å². The van der Waals surface area contributed by atoms with Crippen LogP contribution in [0.3, 0.4) is 0 Å². The molecular formula is C20H24N4O. The van der Waals surface area contributed by atoms with Gasteiger partial charge in [0, 0.05) is 32.1 Å². The number of anilines is 1. The van der Waals surface area contributed by atoms with E-state index >= 15 is 0 Å². The number of benzene rings is 1. The van der Waals surface area contributed by atoms with Crippen LogP contribution >= 0.6 is 0 Å². The maximum Gasteiger partial charge on any atom is 0.226 e. The van der Waals surface area contributed by atoms with E-state index in [0.717, 1.165) is 50.5 Å². The summed E-state index contributed by atoms with van der Waals surface area (Å²) in [5.41, 5.74) is 2.23. The lowest BCUT2D eigenvalue weighted by atomic mass is 10.1. The fraction of sp³-hybridized carbons (Fsp3) is 0.450. The predicted molar refractivity (Wildman–Crippen MR) is 97.5 cm³/mol. The maximum absolute atomic E-state index is 12.9. The van der Waals surface area contributed by atoms with Crippen molar-refractivity contribution in [1.29, 1.82) is 0 Å². The van der Waals surface area contributed by atoms with E-state index in [1.807, 2.05) is 25.1 Å². The highest BCUT2D eigenvalue weighted by atomic mass is 16.2. The number of nitrogens with zero attached hydrogens (tertiary/aromatic N) is 4. The van der Waals surface area contributed by atoms with Crippen LogP contribution in [0.4, 0.5) is 5.82 Å². The zero-order valence-electron chi connectivity index (χ0n) is 14.6. The highest BCUT2D eigenvalue weighted by Crippen LogP contribution is 2.48. The normalized spacial score (nSPS) is 23.2. The van der Waals surface area contributed by atoms with Gasteiger partial charge in [-0.1, -0.05) is 30.3 Å². The fourth-order valence-corrected chi connectivity index (χ4v) is 3.70. The summed E-state index contributed by atoms with van der Waals surface area (Å²) in [6.45, 7) is 5.30. The van der Waals surface area contributed by atoms with Crippen LogP contribution in [0.5, 0.6) is 0 Å². The fourth-order valence-electron chi connectivity index (χ4n) is 3.70. The molecule has 25 heavy (non-hydrogen) atoms. The van der Waals surface area contributed by atoms with Crippen LogP contribution in [0.1, 0.15) is 30.0 Å². The molecule has 4 rings (SSSR count). The van der Waals surface area contributed by atoms with Gasteiger partial charge in [-0.2, -0.15) is 5.10 Å². The van der Waals surface area contributed by atoms with E-state index in [2.05, 4.69) is 44.3 Å². The molecule has 2 fully saturated rings. The number of rotatable bonds is 3. The summed E-state index contributed by atoms with van der Waals surface area (Å²) in [6.07, 6.45) is 1.97. The van der Waals surface area contributed by atoms with Gasteiger partial charge in [-0.25, -0.2) is 0 Å². The molecule has 5 heteroatoms. The summed E-state index contributed by atoms with van der Waals surface area (Å²) >= 11 is 0. The lowest BCUT2D eigenvalue weighted by molar-refractivity contribution is -0.132. The van der Waals surface area contributed by atoms with Crippen LogP contribution in [-0.4, -0.2) is 47.2 Å². The van der Waals surface area contributed by atoms with Crippen molar-refractivity contribution in [2.45, 2.75) is 25.7 Å². The second kappa shape index (κ2) is 6.82. The number of carbonyl (C=O) groups is 1. The summed E-state index contributed by atoms with van der Waals surface area (Å²) < 4.78 is 0. The van der Waals surface area contributed by atoms with Gasteiger partial charge in [0.25, 0.3) is 0 Å². The molecule has 2 atom stereocenters. The molecular weight excluding hydrogens is 312 g/mol. The maximum atomic E-state index is 12.9. The van der Waals surface area contributed by atoms with Crippen molar-refractivity contribution in [3.8, 4) is 0 Å². The van der Waals surface area contributed by atoms with Crippen LogP contribution in [0.15, 0.2) is 42.5 Å². The minimum atomic E-state index is 0.174. The molecule has 1 aromatic carbocycles. The van der Waals surface area contributed by atoms with Gasteiger partial charge in [0.05, 0.1) is 5.69 Å². The van der Waals surface area contributed by atoms with Gasteiger partial charge in [0.2, 0.25) is 5.91 Å². The summed E-state index contributed by atoms with van der Waals surface area (Å²) in [7, 11) is 0. The summed E-state index contributed by atoms with van der Waals surface area (Å²) in [4.78, 5) is 17.2. The van der Waals surface area contributed by atoms with Crippen LogP contribution in [0.2, 0.25) is 0 Å². The van der Waals surface area contributed by atoms with Crippen molar-refractivity contribution in [2.24, 2.45) is 5.92 Å². The lowest BCUT2D eigenvalue weighted by Gasteiger charge is -2.22. The van der Waals surface area contributed by atoms with Crippen LogP contribution in [-0.2, 0) is 4.79 Å². The second-order valence-corrected chi connectivity index (χ2v) is 7.06. The minimum Gasteiger partial charge on any atom is -0.353 e. The predicted octanol–water partition coefficient (Wildman–Crippen LogP) is 2.63. The molecule has 5 nitrogen and oxygen atoms in total. The zero-order valence-corrected chi connectivity index (χ0v) is 14.6. The van der Waals surface area contributed by atoms with E-state index < -0.39 is 0 Å². The number of hydrogen-bond donors (Lipinski definition) is 0. The highest BCUT2D eigenvalue weighted by molar-refractivity contribution is 5.83. The largest absolute Gasteiger partial charge is 0.353 e. The Morgan fingerprint density at radius 2 is 1.84 bits per heavy atom. The van der Waals surface area contributed by atoms with Crippen LogP contribution < -0.4 is 4.90 Å². The van der Waals surface area contributed by atoms with Crippen molar-refractivity contribution in [3.63, 3.8) is 0 Å². The molecule has 1 aliphatic carbocycles. The summed E-state index contributed by atoms with van der Waals surface area (Å²) in [5, 5.41) is 8.43. The van der Waals surface area contributed by atoms with Crippen molar-refractivity contribution in [2.75, 3.05) is 31.1 Å². The van der Waals surface area contributed by atoms with E-state index in [1.165, 1.54) is 5.56 Å². The average Bonchev–Trinajstić information content (AvgIpc) is 3.46. The van der Waals surface area contributed by atoms with Crippen LogP contribution in [0.25, 0.3) is 0 Å². The molecule has 0 radical (unpaired) electrons. The first-order chi connectivity index (χ1) is 12.2. The minimum absolute atomic E-state index is 0.174. The quantitative estimate of drug-likeness (QED) is 0.864. The molecule has 2 aliphatic rings. The second-order valence-electron chi connectivity index (χ2n) is 7.06. The average molecular weight is 336 g/mol. The third-order valence-corrected chi connectivity index (χ3v) is 5.25. The summed E-state index contributed by atoms with van der Waals surface area (Å²) in [6, 6.07) is 14.4. The van der Waals surface area contributed by atoms with E-state index in [4.69, 9.17) is 0 Å². The van der Waals surface area contributed by atoms with Crippen molar-refractivity contribution in [3.05, 3.63) is 53.7 Å². The van der Waals surface area contributed by atoms with E-state index in [-0.39, 0.29) is 5.92 Å². The van der Waals surface area contributed by atoms with Gasteiger partial charge < -0.3 is 9.80 Å². The van der Waals surface area contributed by atoms with Gasteiger partial charge in [0.15, 0.2) is 5.82 Å². The molecule has 0 N–H and O–H groups in total. The Hall–Kier alpha value is -2.43. The Kier molecular flexibility index (Phi) is 4.38. The Morgan fingerprint density at radius 3 is 2.60 bits per heavy atom. The van der Waals surface area contributed by atoms with Gasteiger partial charge in [-0.15, -0.1) is 5.10 Å². The van der Waals surface area contributed by atoms with E-state index in [9.17, 15) is 4.79 Å². The van der Waals surface area contributed by atoms with Crippen molar-refractivity contribution in [1.82, 2.24) is 15.1 Å². The number of hydrogen-bond acceptors (Lipinski definition) is 4. The number of aromatic nitrogens is 2. The van der Waals surface area contributed by atoms with Crippen molar-refractivity contribution >= 4 is 11.7 Å². The number of carbonyl (C=O) groups excluding carboxylic acids is 1. The SMILES string of the molecule is Cc1ccc(N2CCCN(C(=O)[C@H]3C[C@@H]3c3ccccc3)CC2)nn1. The molecule has 0 bridgehead atoms. The van der Waals surface area contributed by atoms with Crippen molar-refractivity contribution < 1.29 is 4.79 Å². The van der Waals surface area contributed by atoms with E-state index in [0.29, 0.717) is 11.8 Å². The molecule has 0 spiro atoms. The van der Waals surface area contributed by atoms with Gasteiger partial charge >= 0.3 is 0 Å². The third-order valence-electron chi connectivity index (χ3n) is 5.25. The smallest absolute Gasteiger partial charge is 0.226 e. The standard InChI is InChI=1S/C20H24N4O/c1-15-8-9-19(22-21-15)23-10-5-11-24(13-12-23)20(25)18-14-17(18)16-6-3-2-4-7-16/h2-4,6-9,17-18H,5,10-14H2,1H3/t17-,18+/m1/s1. The van der Waals surface area contributed by atoms with Gasteiger partial charge in [-0.05, 0) is 43.4 Å². The molecule has 0 unspecified atom stereocenters. The third kappa shape index (κ3) is 3.50. The van der Waals surface area contributed by atoms with Gasteiger partial charge in [-0.3, -0.25) is 4.79 Å². The zero-order chi connectivity index (χ0) is 17.2. The first-order valence-corrected chi connectivity index (χ1v) is 9.11.